The van der Waals surface area contributed by atoms with Gasteiger partial charge in [-0.1, -0.05) is 39.0 Å². The topological polar surface area (TPSA) is 38.8 Å². The lowest BCUT2D eigenvalue weighted by molar-refractivity contribution is 0.103. The van der Waals surface area contributed by atoms with E-state index in [4.69, 9.17) is 9.47 Å². The van der Waals surface area contributed by atoms with E-state index in [9.17, 15) is 4.79 Å². The summed E-state index contributed by atoms with van der Waals surface area (Å²) in [7, 11) is 0. The predicted molar refractivity (Wildman–Crippen MR) is 98.0 cm³/mol. The Bertz CT molecular complexity index is 758. The zero-order valence-corrected chi connectivity index (χ0v) is 15.7. The number of hydrogen-bond acceptors (Lipinski definition) is 3. The van der Waals surface area contributed by atoms with Crippen LogP contribution < -0.4 is 4.74 Å². The Hall–Kier alpha value is -1.65. The van der Waals surface area contributed by atoms with Crippen molar-refractivity contribution >= 4 is 21.7 Å². The maximum Gasteiger partial charge on any atom is 0.193 e. The van der Waals surface area contributed by atoms with Crippen molar-refractivity contribution in [1.82, 2.24) is 0 Å². The SMILES string of the molecule is CC(C)(C)c1cccc(C(=O)c2ccc(OCC3CO3)c(Br)c2)c1. The molecule has 1 unspecified atom stereocenters. The molecule has 0 saturated carbocycles. The second-order valence-corrected chi connectivity index (χ2v) is 7.93. The van der Waals surface area contributed by atoms with Crippen LogP contribution in [0.15, 0.2) is 46.9 Å². The molecule has 1 aliphatic heterocycles. The standard InChI is InChI=1S/C20H21BrO3/c1-20(2,3)15-6-4-5-13(9-15)19(22)14-7-8-18(17(21)10-14)24-12-16-11-23-16/h4-10,16H,11-12H2,1-3H3. The van der Waals surface area contributed by atoms with E-state index in [1.807, 2.05) is 30.3 Å². The van der Waals surface area contributed by atoms with Crippen LogP contribution in [0.1, 0.15) is 42.3 Å². The molecule has 1 aliphatic rings. The Kier molecular flexibility index (Phi) is 4.79. The Morgan fingerprint density at radius 2 is 1.92 bits per heavy atom. The maximum absolute atomic E-state index is 12.8. The molecule has 24 heavy (non-hydrogen) atoms. The molecular formula is C20H21BrO3. The second kappa shape index (κ2) is 6.69. The molecular weight excluding hydrogens is 368 g/mol. The summed E-state index contributed by atoms with van der Waals surface area (Å²) in [6.07, 6.45) is 0.207. The fraction of sp³-hybridized carbons (Fsp3) is 0.350. The van der Waals surface area contributed by atoms with Gasteiger partial charge in [-0.05, 0) is 51.2 Å². The van der Waals surface area contributed by atoms with E-state index < -0.39 is 0 Å². The lowest BCUT2D eigenvalue weighted by Gasteiger charge is -2.19. The third-order valence-corrected chi connectivity index (χ3v) is 4.63. The second-order valence-electron chi connectivity index (χ2n) is 7.07. The third-order valence-electron chi connectivity index (χ3n) is 4.01. The zero-order valence-electron chi connectivity index (χ0n) is 14.1. The highest BCUT2D eigenvalue weighted by Gasteiger charge is 2.23. The number of ether oxygens (including phenoxy) is 2. The first-order valence-electron chi connectivity index (χ1n) is 8.04. The van der Waals surface area contributed by atoms with Gasteiger partial charge in [0.25, 0.3) is 0 Å². The molecule has 0 spiro atoms. The molecule has 1 heterocycles. The molecule has 1 atom stereocenters. The predicted octanol–water partition coefficient (Wildman–Crippen LogP) is 4.76. The van der Waals surface area contributed by atoms with Gasteiger partial charge in [0.15, 0.2) is 5.78 Å². The quantitative estimate of drug-likeness (QED) is 0.547. The smallest absolute Gasteiger partial charge is 0.193 e. The highest BCUT2D eigenvalue weighted by Crippen LogP contribution is 2.29. The number of epoxide rings is 1. The molecule has 1 saturated heterocycles. The van der Waals surface area contributed by atoms with Crippen molar-refractivity contribution in [3.05, 3.63) is 63.6 Å². The van der Waals surface area contributed by atoms with Crippen molar-refractivity contribution in [2.24, 2.45) is 0 Å². The first-order chi connectivity index (χ1) is 11.3. The lowest BCUT2D eigenvalue weighted by Crippen LogP contribution is -2.12. The van der Waals surface area contributed by atoms with Gasteiger partial charge in [-0.25, -0.2) is 0 Å². The van der Waals surface area contributed by atoms with E-state index in [2.05, 4.69) is 42.8 Å². The van der Waals surface area contributed by atoms with Crippen molar-refractivity contribution in [2.75, 3.05) is 13.2 Å². The summed E-state index contributed by atoms with van der Waals surface area (Å²) in [6, 6.07) is 13.3. The Balaban J connectivity index is 1.80. The van der Waals surface area contributed by atoms with E-state index in [-0.39, 0.29) is 17.3 Å². The summed E-state index contributed by atoms with van der Waals surface area (Å²) in [5, 5.41) is 0. The molecule has 0 amide bonds. The van der Waals surface area contributed by atoms with Gasteiger partial charge in [-0.3, -0.25) is 4.79 Å². The van der Waals surface area contributed by atoms with Crippen molar-refractivity contribution in [3.8, 4) is 5.75 Å². The van der Waals surface area contributed by atoms with E-state index in [1.54, 1.807) is 6.07 Å². The van der Waals surface area contributed by atoms with Gasteiger partial charge in [0.05, 0.1) is 11.1 Å². The number of benzene rings is 2. The van der Waals surface area contributed by atoms with Crippen molar-refractivity contribution in [3.63, 3.8) is 0 Å². The molecule has 1 fully saturated rings. The first kappa shape index (κ1) is 17.2. The average Bonchev–Trinajstić information content (AvgIpc) is 3.36. The van der Waals surface area contributed by atoms with Gasteiger partial charge in [0, 0.05) is 11.1 Å². The van der Waals surface area contributed by atoms with Crippen molar-refractivity contribution in [2.45, 2.75) is 32.3 Å². The van der Waals surface area contributed by atoms with Crippen LogP contribution in [0.25, 0.3) is 0 Å². The van der Waals surface area contributed by atoms with Crippen LogP contribution in [0.5, 0.6) is 5.75 Å². The molecule has 0 N–H and O–H groups in total. The van der Waals surface area contributed by atoms with E-state index >= 15 is 0 Å². The van der Waals surface area contributed by atoms with Crippen LogP contribution in [-0.2, 0) is 10.2 Å². The van der Waals surface area contributed by atoms with Crippen molar-refractivity contribution < 1.29 is 14.3 Å². The van der Waals surface area contributed by atoms with Crippen LogP contribution in [0, 0.1) is 0 Å². The van der Waals surface area contributed by atoms with Crippen LogP contribution in [0.3, 0.4) is 0 Å². The summed E-state index contributed by atoms with van der Waals surface area (Å²) >= 11 is 3.49. The number of carbonyl (C=O) groups excluding carboxylic acids is 1. The largest absolute Gasteiger partial charge is 0.490 e. The molecule has 3 nitrogen and oxygen atoms in total. The van der Waals surface area contributed by atoms with E-state index in [0.29, 0.717) is 17.7 Å². The Labute approximate surface area is 151 Å². The van der Waals surface area contributed by atoms with E-state index in [0.717, 1.165) is 22.4 Å². The Morgan fingerprint density at radius 1 is 1.21 bits per heavy atom. The highest BCUT2D eigenvalue weighted by molar-refractivity contribution is 9.10. The summed E-state index contributed by atoms with van der Waals surface area (Å²) < 4.78 is 11.6. The number of ketones is 1. The zero-order chi connectivity index (χ0) is 17.3. The summed E-state index contributed by atoms with van der Waals surface area (Å²) in [4.78, 5) is 12.8. The number of hydrogen-bond donors (Lipinski definition) is 0. The summed E-state index contributed by atoms with van der Waals surface area (Å²) in [6.45, 7) is 7.73. The summed E-state index contributed by atoms with van der Waals surface area (Å²) in [5.41, 5.74) is 2.51. The summed E-state index contributed by atoms with van der Waals surface area (Å²) in [5.74, 6) is 0.740. The molecule has 2 aromatic carbocycles. The minimum Gasteiger partial charge on any atom is -0.490 e. The fourth-order valence-corrected chi connectivity index (χ4v) is 2.89. The molecule has 0 radical (unpaired) electrons. The Morgan fingerprint density at radius 3 is 2.54 bits per heavy atom. The van der Waals surface area contributed by atoms with Crippen LogP contribution in [0.2, 0.25) is 0 Å². The van der Waals surface area contributed by atoms with Crippen molar-refractivity contribution in [1.29, 1.82) is 0 Å². The molecule has 0 aliphatic carbocycles. The maximum atomic E-state index is 12.8. The number of carbonyl (C=O) groups is 1. The molecule has 3 rings (SSSR count). The third kappa shape index (κ3) is 4.05. The van der Waals surface area contributed by atoms with Crippen LogP contribution in [-0.4, -0.2) is 25.1 Å². The van der Waals surface area contributed by atoms with Gasteiger partial charge < -0.3 is 9.47 Å². The highest BCUT2D eigenvalue weighted by atomic mass is 79.9. The number of halogens is 1. The average molecular weight is 389 g/mol. The molecule has 0 bridgehead atoms. The van der Waals surface area contributed by atoms with Gasteiger partial charge in [-0.2, -0.15) is 0 Å². The normalized spacial score (nSPS) is 16.8. The van der Waals surface area contributed by atoms with Gasteiger partial charge in [0.1, 0.15) is 18.5 Å². The van der Waals surface area contributed by atoms with E-state index in [1.165, 1.54) is 0 Å². The monoisotopic (exact) mass is 388 g/mol. The molecule has 126 valence electrons. The van der Waals surface area contributed by atoms with Crippen LogP contribution in [0.4, 0.5) is 0 Å². The minimum atomic E-state index is 0.0128. The first-order valence-corrected chi connectivity index (χ1v) is 8.83. The van der Waals surface area contributed by atoms with Gasteiger partial charge >= 0.3 is 0 Å². The molecule has 4 heteroatoms. The fourth-order valence-electron chi connectivity index (χ4n) is 2.40. The van der Waals surface area contributed by atoms with Gasteiger partial charge in [0.2, 0.25) is 0 Å². The van der Waals surface area contributed by atoms with Crippen LogP contribution >= 0.6 is 15.9 Å². The molecule has 0 aromatic heterocycles. The molecule has 2 aromatic rings. The van der Waals surface area contributed by atoms with Gasteiger partial charge in [-0.15, -0.1) is 0 Å². The lowest BCUT2D eigenvalue weighted by atomic mass is 9.85. The minimum absolute atomic E-state index is 0.0128. The number of rotatable bonds is 5.